The lowest BCUT2D eigenvalue weighted by atomic mass is 9.82. The van der Waals surface area contributed by atoms with Crippen molar-refractivity contribution in [1.82, 2.24) is 0 Å². The van der Waals surface area contributed by atoms with Gasteiger partial charge in [-0.2, -0.15) is 0 Å². The van der Waals surface area contributed by atoms with E-state index in [2.05, 4.69) is 196 Å². The van der Waals surface area contributed by atoms with Gasteiger partial charge in [0.15, 0.2) is 0 Å². The summed E-state index contributed by atoms with van der Waals surface area (Å²) in [5.41, 5.74) is 20.5. The molecule has 0 bridgehead atoms. The van der Waals surface area contributed by atoms with E-state index in [-0.39, 0.29) is 5.41 Å². The minimum Gasteiger partial charge on any atom is -0.456 e. The van der Waals surface area contributed by atoms with Crippen molar-refractivity contribution in [1.29, 1.82) is 0 Å². The number of allylic oxidation sites excluding steroid dienone is 2. The monoisotopic (exact) mass is 743 g/mol. The number of furan rings is 1. The number of rotatable bonds is 7. The van der Waals surface area contributed by atoms with E-state index in [0.717, 1.165) is 44.8 Å². The Morgan fingerprint density at radius 3 is 1.78 bits per heavy atom. The fourth-order valence-electron chi connectivity index (χ4n) is 9.79. The maximum absolute atomic E-state index is 6.47. The molecule has 9 aromatic rings. The van der Waals surface area contributed by atoms with Crippen LogP contribution in [0.15, 0.2) is 187 Å². The zero-order chi connectivity index (χ0) is 39.1. The average Bonchev–Trinajstić information content (AvgIpc) is 3.86. The molecule has 0 saturated carbocycles. The fraction of sp³-hybridized carbons (Fsp3) is 0.0714. The lowest BCUT2D eigenvalue weighted by Gasteiger charge is -2.29. The number of para-hydroxylation sites is 1. The Hall–Kier alpha value is -7.16. The second kappa shape index (κ2) is 12.9. The molecule has 0 N–H and O–H groups in total. The smallest absolute Gasteiger partial charge is 0.142 e. The van der Waals surface area contributed by atoms with Gasteiger partial charge < -0.3 is 9.32 Å². The van der Waals surface area contributed by atoms with Gasteiger partial charge in [-0.3, -0.25) is 0 Å². The summed E-state index contributed by atoms with van der Waals surface area (Å²) in [7, 11) is 0. The summed E-state index contributed by atoms with van der Waals surface area (Å²) in [6.07, 6.45) is 5.69. The molecule has 8 aromatic carbocycles. The maximum Gasteiger partial charge on any atom is 0.142 e. The Balaban J connectivity index is 1.05. The van der Waals surface area contributed by atoms with Gasteiger partial charge in [-0.25, -0.2) is 0 Å². The Morgan fingerprint density at radius 2 is 1.07 bits per heavy atom. The van der Waals surface area contributed by atoms with Crippen molar-refractivity contribution >= 4 is 44.9 Å². The zero-order valence-corrected chi connectivity index (χ0v) is 32.9. The van der Waals surface area contributed by atoms with Crippen LogP contribution in [0.5, 0.6) is 0 Å². The van der Waals surface area contributed by atoms with Crippen LogP contribution < -0.4 is 4.90 Å². The number of nitrogens with zero attached hydrogens (tertiary/aromatic N) is 1. The highest BCUT2D eigenvalue weighted by Gasteiger charge is 2.37. The van der Waals surface area contributed by atoms with Crippen LogP contribution in [0.4, 0.5) is 17.1 Å². The Kier molecular flexibility index (Phi) is 7.61. The van der Waals surface area contributed by atoms with Gasteiger partial charge in [0.1, 0.15) is 11.3 Å². The molecule has 2 nitrogen and oxygen atoms in total. The normalized spacial score (nSPS) is 13.2. The number of benzene rings is 8. The topological polar surface area (TPSA) is 16.4 Å². The van der Waals surface area contributed by atoms with Gasteiger partial charge in [0.2, 0.25) is 0 Å². The molecule has 0 spiro atoms. The Morgan fingerprint density at radius 1 is 0.517 bits per heavy atom. The van der Waals surface area contributed by atoms with Crippen LogP contribution in [-0.2, 0) is 5.41 Å². The first kappa shape index (κ1) is 34.1. The van der Waals surface area contributed by atoms with Crippen molar-refractivity contribution in [3.63, 3.8) is 0 Å². The van der Waals surface area contributed by atoms with Gasteiger partial charge in [-0.15, -0.1) is 0 Å². The SMILES string of the molecule is C=C/C=C\c1oc2c(-c3ccc(N(c4ccc(-c5ccc6c7c(cccc57)-c5ccccc5-6)cc4)c4cccc5c4-c4ccccc4C5(C)C)cc3)cccc2c1C. The molecule has 0 unspecified atom stereocenters. The molecular weight excluding hydrogens is 703 g/mol. The molecule has 0 fully saturated rings. The van der Waals surface area contributed by atoms with E-state index in [0.29, 0.717) is 0 Å². The van der Waals surface area contributed by atoms with E-state index in [1.807, 2.05) is 12.2 Å². The molecule has 0 atom stereocenters. The molecule has 2 heteroatoms. The van der Waals surface area contributed by atoms with Crippen LogP contribution in [0.3, 0.4) is 0 Å². The lowest BCUT2D eigenvalue weighted by Crippen LogP contribution is -2.16. The Bertz CT molecular complexity index is 3130. The molecule has 2 aliphatic carbocycles. The molecule has 0 aliphatic heterocycles. The molecule has 11 rings (SSSR count). The predicted octanol–water partition coefficient (Wildman–Crippen LogP) is 15.9. The highest BCUT2D eigenvalue weighted by atomic mass is 16.3. The van der Waals surface area contributed by atoms with Gasteiger partial charge in [0.25, 0.3) is 0 Å². The first-order valence-electron chi connectivity index (χ1n) is 20.1. The molecule has 1 heterocycles. The number of aryl methyl sites for hydroxylation is 1. The van der Waals surface area contributed by atoms with E-state index in [1.54, 1.807) is 6.08 Å². The summed E-state index contributed by atoms with van der Waals surface area (Å²) >= 11 is 0. The molecule has 1 aromatic heterocycles. The zero-order valence-electron chi connectivity index (χ0n) is 32.9. The van der Waals surface area contributed by atoms with Gasteiger partial charge in [-0.05, 0) is 110 Å². The maximum atomic E-state index is 6.47. The van der Waals surface area contributed by atoms with E-state index in [1.165, 1.54) is 72.1 Å². The first-order valence-corrected chi connectivity index (χ1v) is 20.1. The second-order valence-electron chi connectivity index (χ2n) is 16.1. The van der Waals surface area contributed by atoms with Crippen LogP contribution in [0.25, 0.3) is 83.5 Å². The standard InChI is InChI=1S/C56H41NO/c1-5-6-24-52-35(2)40-17-11-18-42(55(40)58-52)37-27-31-39(32-28-37)57(51-23-13-22-50-54(51)48-16-9-10-21-49(48)56(50,3)4)38-29-25-36(26-30-38)41-33-34-47-44-15-8-7-14-43(44)46-20-12-19-45(41)53(46)47/h5-34H,1H2,2-4H3/b24-6-. The van der Waals surface area contributed by atoms with Crippen molar-refractivity contribution < 1.29 is 4.42 Å². The summed E-state index contributed by atoms with van der Waals surface area (Å²) in [6, 6.07) is 60.4. The van der Waals surface area contributed by atoms with Crippen LogP contribution >= 0.6 is 0 Å². The largest absolute Gasteiger partial charge is 0.456 e. The van der Waals surface area contributed by atoms with Gasteiger partial charge >= 0.3 is 0 Å². The van der Waals surface area contributed by atoms with Gasteiger partial charge in [0.05, 0.1) is 5.69 Å². The van der Waals surface area contributed by atoms with Crippen molar-refractivity contribution in [2.24, 2.45) is 0 Å². The molecule has 58 heavy (non-hydrogen) atoms. The summed E-state index contributed by atoms with van der Waals surface area (Å²) in [5, 5.41) is 3.76. The number of anilines is 3. The second-order valence-corrected chi connectivity index (χ2v) is 16.1. The number of fused-ring (bicyclic) bond motifs is 7. The molecule has 0 saturated heterocycles. The molecule has 2 aliphatic rings. The highest BCUT2D eigenvalue weighted by molar-refractivity contribution is 6.18. The van der Waals surface area contributed by atoms with Crippen LogP contribution in [-0.4, -0.2) is 0 Å². The predicted molar refractivity (Wildman–Crippen MR) is 245 cm³/mol. The summed E-state index contributed by atoms with van der Waals surface area (Å²) < 4.78 is 6.47. The minimum atomic E-state index is -0.115. The van der Waals surface area contributed by atoms with Gasteiger partial charge in [-0.1, -0.05) is 166 Å². The lowest BCUT2D eigenvalue weighted by molar-refractivity contribution is 0.602. The number of hydrogen-bond donors (Lipinski definition) is 0. The fourth-order valence-corrected chi connectivity index (χ4v) is 9.79. The third-order valence-electron chi connectivity index (χ3n) is 12.6. The third-order valence-corrected chi connectivity index (χ3v) is 12.6. The van der Waals surface area contributed by atoms with Crippen LogP contribution in [0.2, 0.25) is 0 Å². The van der Waals surface area contributed by atoms with Gasteiger partial charge in [0, 0.05) is 38.9 Å². The van der Waals surface area contributed by atoms with Crippen LogP contribution in [0, 0.1) is 6.92 Å². The van der Waals surface area contributed by atoms with E-state index < -0.39 is 0 Å². The van der Waals surface area contributed by atoms with Crippen molar-refractivity contribution in [2.75, 3.05) is 4.90 Å². The first-order chi connectivity index (χ1) is 28.4. The van der Waals surface area contributed by atoms with Crippen LogP contribution in [0.1, 0.15) is 36.3 Å². The quantitative estimate of drug-likeness (QED) is 0.151. The minimum absolute atomic E-state index is 0.115. The highest BCUT2D eigenvalue weighted by Crippen LogP contribution is 2.55. The summed E-state index contributed by atoms with van der Waals surface area (Å²) in [6.45, 7) is 10.7. The van der Waals surface area contributed by atoms with Crippen molar-refractivity contribution in [3.05, 3.63) is 205 Å². The Labute approximate surface area is 339 Å². The molecule has 0 radical (unpaired) electrons. The van der Waals surface area contributed by atoms with E-state index in [4.69, 9.17) is 4.42 Å². The van der Waals surface area contributed by atoms with E-state index >= 15 is 0 Å². The molecule has 276 valence electrons. The molecule has 0 amide bonds. The van der Waals surface area contributed by atoms with E-state index in [9.17, 15) is 0 Å². The third kappa shape index (κ3) is 4.98. The summed E-state index contributed by atoms with van der Waals surface area (Å²) in [5.74, 6) is 0.858. The summed E-state index contributed by atoms with van der Waals surface area (Å²) in [4.78, 5) is 2.44. The molecular formula is C56H41NO. The average molecular weight is 744 g/mol. The number of hydrogen-bond acceptors (Lipinski definition) is 2. The van der Waals surface area contributed by atoms with Crippen molar-refractivity contribution in [3.8, 4) is 55.6 Å². The van der Waals surface area contributed by atoms with Crippen molar-refractivity contribution in [2.45, 2.75) is 26.2 Å².